The molecule has 1 aromatic carbocycles. The number of nitrogen functional groups attached to an aromatic ring is 1. The lowest BCUT2D eigenvalue weighted by molar-refractivity contribution is 0.0921. The molecule has 0 radical (unpaired) electrons. The zero-order valence-electron chi connectivity index (χ0n) is 11.3. The molecule has 0 heterocycles. The van der Waals surface area contributed by atoms with Gasteiger partial charge in [0.25, 0.3) is 5.91 Å². The van der Waals surface area contributed by atoms with E-state index in [9.17, 15) is 4.79 Å². The van der Waals surface area contributed by atoms with Crippen LogP contribution in [0.4, 0.5) is 5.69 Å². The van der Waals surface area contributed by atoms with Gasteiger partial charge in [0.2, 0.25) is 0 Å². The molecule has 3 nitrogen and oxygen atoms in total. The van der Waals surface area contributed by atoms with Crippen LogP contribution < -0.4 is 11.1 Å². The topological polar surface area (TPSA) is 55.1 Å². The molecule has 1 saturated carbocycles. The molecule has 1 aliphatic carbocycles. The van der Waals surface area contributed by atoms with Crippen molar-refractivity contribution in [3.05, 3.63) is 28.2 Å². The summed E-state index contributed by atoms with van der Waals surface area (Å²) in [6, 6.07) is 5.68. The van der Waals surface area contributed by atoms with E-state index in [1.165, 1.54) is 25.7 Å². The van der Waals surface area contributed by atoms with Gasteiger partial charge in [-0.15, -0.1) is 0 Å². The van der Waals surface area contributed by atoms with Crippen LogP contribution in [0, 0.1) is 5.92 Å². The van der Waals surface area contributed by atoms with Crippen LogP contribution in [0.15, 0.2) is 22.7 Å². The smallest absolute Gasteiger partial charge is 0.252 e. The number of rotatable bonds is 2. The number of carbonyl (C=O) groups excluding carboxylic acids is 1. The fourth-order valence-electron chi connectivity index (χ4n) is 2.68. The molecular formula is C15H21BrN2O. The standard InChI is InChI=1S/C15H21BrN2O/c1-10-6-3-2-4-9-13(10)18-15(19)11-7-5-8-12(17)14(11)16/h5,7-8,10,13H,2-4,6,9,17H2,1H3,(H,18,19). The van der Waals surface area contributed by atoms with Gasteiger partial charge in [-0.05, 0) is 46.8 Å². The summed E-state index contributed by atoms with van der Waals surface area (Å²) in [5, 5.41) is 3.17. The molecule has 1 fully saturated rings. The van der Waals surface area contributed by atoms with Gasteiger partial charge in [-0.25, -0.2) is 0 Å². The van der Waals surface area contributed by atoms with Crippen LogP contribution in [0.25, 0.3) is 0 Å². The van der Waals surface area contributed by atoms with E-state index in [0.29, 0.717) is 21.6 Å². The number of hydrogen-bond acceptors (Lipinski definition) is 2. The number of nitrogens with one attached hydrogen (secondary N) is 1. The first-order chi connectivity index (χ1) is 9.09. The molecule has 0 bridgehead atoms. The molecule has 0 aliphatic heterocycles. The van der Waals surface area contributed by atoms with E-state index < -0.39 is 0 Å². The highest BCUT2D eigenvalue weighted by molar-refractivity contribution is 9.10. The van der Waals surface area contributed by atoms with Gasteiger partial charge >= 0.3 is 0 Å². The molecule has 4 heteroatoms. The lowest BCUT2D eigenvalue weighted by Crippen LogP contribution is -2.39. The van der Waals surface area contributed by atoms with Crippen LogP contribution in [-0.2, 0) is 0 Å². The second kappa shape index (κ2) is 6.42. The van der Waals surface area contributed by atoms with Crippen LogP contribution in [-0.4, -0.2) is 11.9 Å². The number of amides is 1. The van der Waals surface area contributed by atoms with Crippen molar-refractivity contribution in [2.75, 3.05) is 5.73 Å². The summed E-state index contributed by atoms with van der Waals surface area (Å²) in [6.45, 7) is 2.23. The number of halogens is 1. The normalized spacial score (nSPS) is 23.7. The van der Waals surface area contributed by atoms with Crippen molar-refractivity contribution in [3.63, 3.8) is 0 Å². The first-order valence-electron chi connectivity index (χ1n) is 6.94. The second-order valence-corrected chi connectivity index (χ2v) is 6.20. The van der Waals surface area contributed by atoms with E-state index in [1.807, 2.05) is 6.07 Å². The molecule has 2 rings (SSSR count). The Morgan fingerprint density at radius 1 is 1.32 bits per heavy atom. The summed E-state index contributed by atoms with van der Waals surface area (Å²) < 4.78 is 0.689. The third-order valence-corrected chi connectivity index (χ3v) is 4.84. The van der Waals surface area contributed by atoms with Gasteiger partial charge in [0, 0.05) is 11.7 Å². The van der Waals surface area contributed by atoms with Gasteiger partial charge in [-0.2, -0.15) is 0 Å². The first-order valence-corrected chi connectivity index (χ1v) is 7.73. The van der Waals surface area contributed by atoms with Gasteiger partial charge in [0.15, 0.2) is 0 Å². The van der Waals surface area contributed by atoms with Crippen LogP contribution >= 0.6 is 15.9 Å². The molecule has 0 saturated heterocycles. The molecule has 1 amide bonds. The monoisotopic (exact) mass is 324 g/mol. The van der Waals surface area contributed by atoms with E-state index >= 15 is 0 Å². The molecule has 1 aromatic rings. The van der Waals surface area contributed by atoms with Crippen molar-refractivity contribution in [2.45, 2.75) is 45.1 Å². The van der Waals surface area contributed by atoms with Crippen LogP contribution in [0.3, 0.4) is 0 Å². The molecule has 0 spiro atoms. The maximum atomic E-state index is 12.3. The predicted molar refractivity (Wildman–Crippen MR) is 82.1 cm³/mol. The third kappa shape index (κ3) is 3.50. The lowest BCUT2D eigenvalue weighted by Gasteiger charge is -2.23. The quantitative estimate of drug-likeness (QED) is 0.643. The van der Waals surface area contributed by atoms with Crippen molar-refractivity contribution in [2.24, 2.45) is 5.92 Å². The van der Waals surface area contributed by atoms with Gasteiger partial charge < -0.3 is 11.1 Å². The molecule has 1 aliphatic rings. The highest BCUT2D eigenvalue weighted by Crippen LogP contribution is 2.26. The Kier molecular flexibility index (Phi) is 4.86. The summed E-state index contributed by atoms with van der Waals surface area (Å²) in [5.74, 6) is 0.518. The van der Waals surface area contributed by atoms with E-state index in [2.05, 4.69) is 28.2 Å². The van der Waals surface area contributed by atoms with Gasteiger partial charge in [0.1, 0.15) is 0 Å². The van der Waals surface area contributed by atoms with Crippen molar-refractivity contribution < 1.29 is 4.79 Å². The summed E-state index contributed by atoms with van der Waals surface area (Å²) in [6.07, 6.45) is 6.03. The molecule has 3 N–H and O–H groups in total. The number of carbonyl (C=O) groups is 1. The minimum absolute atomic E-state index is 0.0297. The number of nitrogens with two attached hydrogens (primary N) is 1. The Hall–Kier alpha value is -1.03. The highest BCUT2D eigenvalue weighted by Gasteiger charge is 2.23. The highest BCUT2D eigenvalue weighted by atomic mass is 79.9. The Balaban J connectivity index is 2.09. The maximum absolute atomic E-state index is 12.3. The van der Waals surface area contributed by atoms with E-state index in [0.717, 1.165) is 6.42 Å². The zero-order chi connectivity index (χ0) is 13.8. The van der Waals surface area contributed by atoms with Crippen LogP contribution in [0.5, 0.6) is 0 Å². The minimum atomic E-state index is -0.0297. The number of hydrogen-bond donors (Lipinski definition) is 2. The second-order valence-electron chi connectivity index (χ2n) is 5.40. The van der Waals surface area contributed by atoms with Crippen molar-refractivity contribution in [1.29, 1.82) is 0 Å². The predicted octanol–water partition coefficient (Wildman–Crippen LogP) is 3.73. The lowest BCUT2D eigenvalue weighted by atomic mass is 9.96. The molecule has 19 heavy (non-hydrogen) atoms. The summed E-state index contributed by atoms with van der Waals surface area (Å²) in [5.41, 5.74) is 7.04. The van der Waals surface area contributed by atoms with Gasteiger partial charge in [-0.1, -0.05) is 32.3 Å². The fourth-order valence-corrected chi connectivity index (χ4v) is 3.12. The Morgan fingerprint density at radius 3 is 2.84 bits per heavy atom. The maximum Gasteiger partial charge on any atom is 0.252 e. The largest absolute Gasteiger partial charge is 0.398 e. The summed E-state index contributed by atoms with van der Waals surface area (Å²) in [4.78, 5) is 12.3. The van der Waals surface area contributed by atoms with Crippen molar-refractivity contribution >= 4 is 27.5 Å². The molecule has 0 aromatic heterocycles. The Bertz CT molecular complexity index is 461. The molecule has 2 atom stereocenters. The number of anilines is 1. The molecule has 104 valence electrons. The first kappa shape index (κ1) is 14.4. The van der Waals surface area contributed by atoms with E-state index in [-0.39, 0.29) is 11.9 Å². The Morgan fingerprint density at radius 2 is 2.05 bits per heavy atom. The SMILES string of the molecule is CC1CCCCCC1NC(=O)c1cccc(N)c1Br. The average Bonchev–Trinajstić information content (AvgIpc) is 2.58. The average molecular weight is 325 g/mol. The summed E-state index contributed by atoms with van der Waals surface area (Å²) in [7, 11) is 0. The third-order valence-electron chi connectivity index (χ3n) is 3.95. The summed E-state index contributed by atoms with van der Waals surface area (Å²) >= 11 is 3.39. The molecular weight excluding hydrogens is 304 g/mol. The van der Waals surface area contributed by atoms with Gasteiger partial charge in [-0.3, -0.25) is 4.79 Å². The van der Waals surface area contributed by atoms with Crippen molar-refractivity contribution in [1.82, 2.24) is 5.32 Å². The minimum Gasteiger partial charge on any atom is -0.398 e. The van der Waals surface area contributed by atoms with Crippen molar-refractivity contribution in [3.8, 4) is 0 Å². The zero-order valence-corrected chi connectivity index (χ0v) is 12.9. The van der Waals surface area contributed by atoms with Gasteiger partial charge in [0.05, 0.1) is 10.0 Å². The fraction of sp³-hybridized carbons (Fsp3) is 0.533. The van der Waals surface area contributed by atoms with Crippen LogP contribution in [0.1, 0.15) is 49.4 Å². The van der Waals surface area contributed by atoms with E-state index in [4.69, 9.17) is 5.73 Å². The molecule has 2 unspecified atom stereocenters. The van der Waals surface area contributed by atoms with Crippen LogP contribution in [0.2, 0.25) is 0 Å². The Labute approximate surface area is 123 Å². The number of benzene rings is 1. The van der Waals surface area contributed by atoms with E-state index in [1.54, 1.807) is 12.1 Å².